The topological polar surface area (TPSA) is 125 Å². The second-order valence-corrected chi connectivity index (χ2v) is 7.78. The van der Waals surface area contributed by atoms with Crippen LogP contribution in [-0.4, -0.2) is 18.1 Å². The van der Waals surface area contributed by atoms with Gasteiger partial charge in [0, 0.05) is 10.7 Å². The first-order valence-electron chi connectivity index (χ1n) is 10.1. The van der Waals surface area contributed by atoms with Gasteiger partial charge in [0.05, 0.1) is 12.1 Å². The number of anilines is 1. The molecule has 6 N–H and O–H groups in total. The molecule has 0 aliphatic heterocycles. The van der Waals surface area contributed by atoms with Crippen molar-refractivity contribution in [3.8, 4) is 0 Å². The lowest BCUT2D eigenvalue weighted by Crippen LogP contribution is -2.47. The first kappa shape index (κ1) is 23.6. The Hall–Kier alpha value is -4.04. The number of carbonyl (C=O) groups is 3. The molecule has 9 heteroatoms. The summed E-state index contributed by atoms with van der Waals surface area (Å²) in [6.07, 6.45) is 0. The van der Waals surface area contributed by atoms with Gasteiger partial charge in [0.2, 0.25) is 0 Å². The molecule has 6 amide bonds. The number of urea groups is 3. The first-order valence-corrected chi connectivity index (χ1v) is 10.5. The van der Waals surface area contributed by atoms with Crippen LogP contribution in [0.25, 0.3) is 0 Å². The smallest absolute Gasteiger partial charge is 0.323 e. The van der Waals surface area contributed by atoms with Gasteiger partial charge in [-0.15, -0.1) is 0 Å². The summed E-state index contributed by atoms with van der Waals surface area (Å²) in [5.41, 5.74) is 8.15. The van der Waals surface area contributed by atoms with E-state index in [1.165, 1.54) is 0 Å². The summed E-state index contributed by atoms with van der Waals surface area (Å²) in [5, 5.41) is 11.0. The van der Waals surface area contributed by atoms with Crippen LogP contribution in [0.15, 0.2) is 78.9 Å². The van der Waals surface area contributed by atoms with Crippen LogP contribution in [0.2, 0.25) is 5.02 Å². The van der Waals surface area contributed by atoms with Gasteiger partial charge in [0.25, 0.3) is 0 Å². The number of imide groups is 1. The number of carbonyl (C=O) groups excluding carboxylic acids is 3. The number of benzene rings is 3. The number of hydrogen-bond donors (Lipinski definition) is 5. The Morgan fingerprint density at radius 3 is 1.88 bits per heavy atom. The fourth-order valence-electron chi connectivity index (χ4n) is 3.28. The van der Waals surface area contributed by atoms with Gasteiger partial charge in [-0.25, -0.2) is 14.4 Å². The molecule has 0 saturated carbocycles. The average molecular weight is 466 g/mol. The SMILES string of the molecule is Cc1ccc([C@H](NC(=O)Nc2ccc(Cl)cc2)[C@H](NC(=O)NC(N)=O)c2ccccc2)cc1. The van der Waals surface area contributed by atoms with Crippen LogP contribution in [0.4, 0.5) is 20.1 Å². The van der Waals surface area contributed by atoms with Crippen LogP contribution in [0.1, 0.15) is 28.8 Å². The van der Waals surface area contributed by atoms with E-state index in [-0.39, 0.29) is 0 Å². The van der Waals surface area contributed by atoms with E-state index in [2.05, 4.69) is 16.0 Å². The number of rotatable bonds is 6. The number of nitrogens with one attached hydrogen (secondary N) is 4. The molecule has 0 unspecified atom stereocenters. The van der Waals surface area contributed by atoms with Gasteiger partial charge < -0.3 is 21.7 Å². The third-order valence-electron chi connectivity index (χ3n) is 4.84. The molecule has 0 radical (unpaired) electrons. The van der Waals surface area contributed by atoms with Crippen molar-refractivity contribution in [2.45, 2.75) is 19.0 Å². The van der Waals surface area contributed by atoms with E-state index in [0.717, 1.165) is 16.7 Å². The molecular weight excluding hydrogens is 442 g/mol. The number of amides is 6. The quantitative estimate of drug-likeness (QED) is 0.364. The molecule has 170 valence electrons. The van der Waals surface area contributed by atoms with E-state index < -0.39 is 30.2 Å². The van der Waals surface area contributed by atoms with Gasteiger partial charge in [0.15, 0.2) is 0 Å². The zero-order valence-electron chi connectivity index (χ0n) is 17.8. The largest absolute Gasteiger partial charge is 0.351 e. The highest BCUT2D eigenvalue weighted by atomic mass is 35.5. The van der Waals surface area contributed by atoms with Crippen LogP contribution in [0.3, 0.4) is 0 Å². The van der Waals surface area contributed by atoms with E-state index >= 15 is 0 Å². The van der Waals surface area contributed by atoms with Crippen molar-refractivity contribution < 1.29 is 14.4 Å². The van der Waals surface area contributed by atoms with Crippen molar-refractivity contribution in [1.82, 2.24) is 16.0 Å². The lowest BCUT2D eigenvalue weighted by Gasteiger charge is -2.30. The molecular formula is C24H24ClN5O3. The van der Waals surface area contributed by atoms with Crippen LogP contribution in [0.5, 0.6) is 0 Å². The minimum absolute atomic E-state index is 0.485. The fraction of sp³-hybridized carbons (Fsp3) is 0.125. The summed E-state index contributed by atoms with van der Waals surface area (Å²) < 4.78 is 0. The number of primary amides is 1. The Morgan fingerprint density at radius 1 is 0.758 bits per heavy atom. The zero-order chi connectivity index (χ0) is 23.8. The molecule has 3 rings (SSSR count). The normalized spacial score (nSPS) is 12.2. The Balaban J connectivity index is 1.94. The Labute approximate surface area is 196 Å². The standard InChI is InChI=1S/C24H24ClN5O3/c1-15-7-9-17(10-8-15)21(28-23(32)27-19-13-11-18(25)12-14-19)20(16-5-3-2-4-6-16)29-24(33)30-22(26)31/h2-14,20-21H,1H3,(H2,27,28,32)(H4,26,29,30,31,33)/t20-,21+/m1/s1. The molecule has 8 nitrogen and oxygen atoms in total. The third kappa shape index (κ3) is 6.98. The van der Waals surface area contributed by atoms with Crippen molar-refractivity contribution in [1.29, 1.82) is 0 Å². The molecule has 0 aliphatic rings. The van der Waals surface area contributed by atoms with Crippen LogP contribution in [-0.2, 0) is 0 Å². The predicted molar refractivity (Wildman–Crippen MR) is 128 cm³/mol. The molecule has 0 saturated heterocycles. The van der Waals surface area contributed by atoms with Gasteiger partial charge in [-0.1, -0.05) is 71.8 Å². The van der Waals surface area contributed by atoms with E-state index in [0.29, 0.717) is 10.7 Å². The molecule has 0 heterocycles. The summed E-state index contributed by atoms with van der Waals surface area (Å²) in [6.45, 7) is 1.95. The monoisotopic (exact) mass is 465 g/mol. The Kier molecular flexibility index (Phi) is 7.88. The van der Waals surface area contributed by atoms with Crippen molar-refractivity contribution in [2.75, 3.05) is 5.32 Å². The van der Waals surface area contributed by atoms with E-state index in [9.17, 15) is 14.4 Å². The minimum Gasteiger partial charge on any atom is -0.351 e. The van der Waals surface area contributed by atoms with Crippen molar-refractivity contribution >= 4 is 35.4 Å². The third-order valence-corrected chi connectivity index (χ3v) is 5.09. The highest BCUT2D eigenvalue weighted by molar-refractivity contribution is 6.30. The molecule has 0 aromatic heterocycles. The number of hydrogen-bond acceptors (Lipinski definition) is 3. The highest BCUT2D eigenvalue weighted by Gasteiger charge is 2.28. The van der Waals surface area contributed by atoms with Gasteiger partial charge >= 0.3 is 18.1 Å². The molecule has 0 spiro atoms. The molecule has 0 fully saturated rings. The summed E-state index contributed by atoms with van der Waals surface area (Å²) in [6, 6.07) is 19.7. The maximum Gasteiger partial charge on any atom is 0.323 e. The van der Waals surface area contributed by atoms with E-state index in [4.69, 9.17) is 17.3 Å². The molecule has 0 aliphatic carbocycles. The number of aryl methyl sites for hydroxylation is 1. The molecule has 3 aromatic rings. The summed E-state index contributed by atoms with van der Waals surface area (Å²) in [5.74, 6) is 0. The zero-order valence-corrected chi connectivity index (χ0v) is 18.6. The maximum atomic E-state index is 12.9. The Bertz CT molecular complexity index is 1110. The van der Waals surface area contributed by atoms with Gasteiger partial charge in [-0.05, 0) is 42.3 Å². The van der Waals surface area contributed by atoms with Crippen LogP contribution in [0, 0.1) is 6.92 Å². The highest BCUT2D eigenvalue weighted by Crippen LogP contribution is 2.29. The van der Waals surface area contributed by atoms with Crippen molar-refractivity contribution in [3.63, 3.8) is 0 Å². The number of halogens is 1. The molecule has 0 bridgehead atoms. The van der Waals surface area contributed by atoms with Crippen molar-refractivity contribution in [2.24, 2.45) is 5.73 Å². The lowest BCUT2D eigenvalue weighted by molar-refractivity contribution is 0.223. The fourth-order valence-corrected chi connectivity index (χ4v) is 3.41. The van der Waals surface area contributed by atoms with E-state index in [1.54, 1.807) is 24.3 Å². The van der Waals surface area contributed by atoms with Gasteiger partial charge in [-0.2, -0.15) is 0 Å². The first-order chi connectivity index (χ1) is 15.8. The second-order valence-electron chi connectivity index (χ2n) is 7.34. The predicted octanol–water partition coefficient (Wildman–Crippen LogP) is 4.63. The van der Waals surface area contributed by atoms with Crippen LogP contribution < -0.4 is 27.0 Å². The molecule has 3 aromatic carbocycles. The lowest BCUT2D eigenvalue weighted by atomic mass is 9.93. The second kappa shape index (κ2) is 11.0. The van der Waals surface area contributed by atoms with Crippen LogP contribution >= 0.6 is 11.6 Å². The van der Waals surface area contributed by atoms with Gasteiger partial charge in [0.1, 0.15) is 0 Å². The number of nitrogens with two attached hydrogens (primary N) is 1. The summed E-state index contributed by atoms with van der Waals surface area (Å²) in [7, 11) is 0. The van der Waals surface area contributed by atoms with E-state index in [1.807, 2.05) is 66.8 Å². The maximum absolute atomic E-state index is 12.9. The average Bonchev–Trinajstić information content (AvgIpc) is 2.78. The molecule has 2 atom stereocenters. The summed E-state index contributed by atoms with van der Waals surface area (Å²) >= 11 is 5.91. The Morgan fingerprint density at radius 2 is 1.30 bits per heavy atom. The summed E-state index contributed by atoms with van der Waals surface area (Å²) in [4.78, 5) is 36.4. The van der Waals surface area contributed by atoms with Gasteiger partial charge in [-0.3, -0.25) is 5.32 Å². The van der Waals surface area contributed by atoms with Crippen molar-refractivity contribution in [3.05, 3.63) is 101 Å². The minimum atomic E-state index is -0.986. The molecule has 33 heavy (non-hydrogen) atoms.